The first-order valence-electron chi connectivity index (χ1n) is 4.41. The number of amides is 1. The molecule has 1 unspecified atom stereocenters. The molecule has 86 valence electrons. The van der Waals surface area contributed by atoms with Crippen molar-refractivity contribution >= 4 is 12.1 Å². The molecule has 0 heterocycles. The van der Waals surface area contributed by atoms with Crippen molar-refractivity contribution in [2.24, 2.45) is 0 Å². The van der Waals surface area contributed by atoms with Crippen molar-refractivity contribution in [1.29, 1.82) is 0 Å². The molecule has 0 fully saturated rings. The van der Waals surface area contributed by atoms with E-state index in [0.29, 0.717) is 5.75 Å². The first kappa shape index (κ1) is 11.8. The van der Waals surface area contributed by atoms with E-state index in [1.165, 1.54) is 13.2 Å². The first-order valence-corrected chi connectivity index (χ1v) is 4.41. The van der Waals surface area contributed by atoms with Gasteiger partial charge in [-0.1, -0.05) is 18.2 Å². The van der Waals surface area contributed by atoms with Gasteiger partial charge in [0.1, 0.15) is 5.75 Å². The summed E-state index contributed by atoms with van der Waals surface area (Å²) in [5.41, 5.74) is 0.264. The van der Waals surface area contributed by atoms with Gasteiger partial charge in [0.15, 0.2) is 6.04 Å². The molecule has 0 bridgehead atoms. The summed E-state index contributed by atoms with van der Waals surface area (Å²) in [7, 11) is 1.39. The van der Waals surface area contributed by atoms with Gasteiger partial charge >= 0.3 is 12.1 Å². The molecule has 1 atom stereocenters. The minimum Gasteiger partial charge on any atom is -0.496 e. The fraction of sp³-hybridized carbons (Fsp3) is 0.200. The van der Waals surface area contributed by atoms with E-state index >= 15 is 0 Å². The van der Waals surface area contributed by atoms with Crippen molar-refractivity contribution in [1.82, 2.24) is 5.32 Å². The van der Waals surface area contributed by atoms with Crippen molar-refractivity contribution < 1.29 is 24.5 Å². The second kappa shape index (κ2) is 5.01. The van der Waals surface area contributed by atoms with Crippen LogP contribution in [0.4, 0.5) is 4.79 Å². The summed E-state index contributed by atoms with van der Waals surface area (Å²) in [6, 6.07) is 5.00. The molecule has 1 rings (SSSR count). The van der Waals surface area contributed by atoms with Crippen molar-refractivity contribution in [2.75, 3.05) is 7.11 Å². The molecule has 0 saturated heterocycles. The Labute approximate surface area is 91.5 Å². The number of carboxylic acids is 1. The van der Waals surface area contributed by atoms with Gasteiger partial charge in [0.05, 0.1) is 7.11 Å². The molecule has 1 amide bonds. The van der Waals surface area contributed by atoms with Crippen LogP contribution in [0.15, 0.2) is 24.3 Å². The van der Waals surface area contributed by atoms with Crippen LogP contribution in [0.2, 0.25) is 0 Å². The average molecular weight is 225 g/mol. The Bertz CT molecular complexity index is 404. The standard InChI is InChI=1S/C10H11NO5/c1-16-7-5-3-2-4-6(7)8(9(12)13)11-10(14)15/h2-5,8,11H,1H3,(H,12,13)(H,14,15). The minimum absolute atomic E-state index is 0.264. The van der Waals surface area contributed by atoms with E-state index in [9.17, 15) is 9.59 Å². The summed E-state index contributed by atoms with van der Waals surface area (Å²) in [4.78, 5) is 21.4. The lowest BCUT2D eigenvalue weighted by atomic mass is 10.1. The molecule has 6 heteroatoms. The second-order valence-electron chi connectivity index (χ2n) is 2.96. The molecule has 0 aliphatic heterocycles. The highest BCUT2D eigenvalue weighted by Crippen LogP contribution is 2.24. The first-order chi connectivity index (χ1) is 7.56. The predicted octanol–water partition coefficient (Wildman–Crippen LogP) is 1.09. The van der Waals surface area contributed by atoms with Gasteiger partial charge in [-0.2, -0.15) is 0 Å². The molecule has 0 saturated carbocycles. The van der Waals surface area contributed by atoms with E-state index in [2.05, 4.69) is 0 Å². The van der Waals surface area contributed by atoms with Gasteiger partial charge in [-0.25, -0.2) is 9.59 Å². The van der Waals surface area contributed by atoms with E-state index in [0.717, 1.165) is 0 Å². The summed E-state index contributed by atoms with van der Waals surface area (Å²) >= 11 is 0. The van der Waals surface area contributed by atoms with Crippen LogP contribution >= 0.6 is 0 Å². The van der Waals surface area contributed by atoms with Crippen LogP contribution in [-0.2, 0) is 4.79 Å². The Morgan fingerprint density at radius 2 is 1.94 bits per heavy atom. The van der Waals surface area contributed by atoms with Gasteiger partial charge in [0.2, 0.25) is 0 Å². The van der Waals surface area contributed by atoms with Crippen LogP contribution in [0.5, 0.6) is 5.75 Å². The van der Waals surface area contributed by atoms with Crippen LogP contribution in [0.1, 0.15) is 11.6 Å². The van der Waals surface area contributed by atoms with E-state index < -0.39 is 18.1 Å². The van der Waals surface area contributed by atoms with E-state index in [1.807, 2.05) is 5.32 Å². The van der Waals surface area contributed by atoms with Gasteiger partial charge < -0.3 is 20.3 Å². The topological polar surface area (TPSA) is 95.9 Å². The zero-order chi connectivity index (χ0) is 12.1. The Morgan fingerprint density at radius 3 is 2.44 bits per heavy atom. The number of methoxy groups -OCH3 is 1. The van der Waals surface area contributed by atoms with Crippen molar-refractivity contribution in [3.8, 4) is 5.75 Å². The third kappa shape index (κ3) is 2.63. The number of hydrogen-bond donors (Lipinski definition) is 3. The van der Waals surface area contributed by atoms with Crippen molar-refractivity contribution in [3.05, 3.63) is 29.8 Å². The summed E-state index contributed by atoms with van der Waals surface area (Å²) in [5.74, 6) is -0.962. The zero-order valence-corrected chi connectivity index (χ0v) is 8.51. The molecule has 3 N–H and O–H groups in total. The SMILES string of the molecule is COc1ccccc1C(NC(=O)O)C(=O)O. The molecule has 0 aromatic heterocycles. The Hall–Kier alpha value is -2.24. The maximum Gasteiger partial charge on any atom is 0.405 e. The lowest BCUT2D eigenvalue weighted by molar-refractivity contribution is -0.139. The van der Waals surface area contributed by atoms with E-state index in [-0.39, 0.29) is 5.56 Å². The zero-order valence-electron chi connectivity index (χ0n) is 8.51. The molecule has 0 aliphatic carbocycles. The minimum atomic E-state index is -1.40. The van der Waals surface area contributed by atoms with Gasteiger partial charge in [0.25, 0.3) is 0 Å². The molecule has 1 aromatic rings. The third-order valence-electron chi connectivity index (χ3n) is 1.96. The maximum atomic E-state index is 10.9. The second-order valence-corrected chi connectivity index (χ2v) is 2.96. The number of carbonyl (C=O) groups is 2. The molecule has 6 nitrogen and oxygen atoms in total. The predicted molar refractivity (Wildman–Crippen MR) is 54.5 cm³/mol. The molecule has 0 aliphatic rings. The number of nitrogens with one attached hydrogen (secondary N) is 1. The lowest BCUT2D eigenvalue weighted by Gasteiger charge is -2.15. The summed E-state index contributed by atoms with van der Waals surface area (Å²) in [5, 5.41) is 19.4. The Kier molecular flexibility index (Phi) is 3.71. The highest BCUT2D eigenvalue weighted by molar-refractivity contribution is 5.81. The maximum absolute atomic E-state index is 10.9. The van der Waals surface area contributed by atoms with Crippen molar-refractivity contribution in [2.45, 2.75) is 6.04 Å². The molecule has 0 radical (unpaired) electrons. The van der Waals surface area contributed by atoms with Crippen LogP contribution in [0, 0.1) is 0 Å². The molecular weight excluding hydrogens is 214 g/mol. The summed E-state index contributed by atoms with van der Waals surface area (Å²) < 4.78 is 4.96. The number of rotatable bonds is 4. The van der Waals surface area contributed by atoms with Crippen LogP contribution < -0.4 is 10.1 Å². The third-order valence-corrected chi connectivity index (χ3v) is 1.96. The van der Waals surface area contributed by atoms with Gasteiger partial charge in [-0.3, -0.25) is 0 Å². The van der Waals surface area contributed by atoms with Crippen molar-refractivity contribution in [3.63, 3.8) is 0 Å². The molecule has 16 heavy (non-hydrogen) atoms. The Morgan fingerprint density at radius 1 is 1.31 bits per heavy atom. The van der Waals surface area contributed by atoms with Gasteiger partial charge in [0, 0.05) is 5.56 Å². The number of aliphatic carboxylic acids is 1. The quantitative estimate of drug-likeness (QED) is 0.712. The lowest BCUT2D eigenvalue weighted by Crippen LogP contribution is -2.32. The van der Waals surface area contributed by atoms with Gasteiger partial charge in [-0.05, 0) is 6.07 Å². The summed E-state index contributed by atoms with van der Waals surface area (Å²) in [6.07, 6.45) is -1.40. The number of ether oxygens (including phenoxy) is 1. The fourth-order valence-electron chi connectivity index (χ4n) is 1.30. The van der Waals surface area contributed by atoms with Crippen LogP contribution in [-0.4, -0.2) is 29.4 Å². The van der Waals surface area contributed by atoms with E-state index in [1.54, 1.807) is 18.2 Å². The smallest absolute Gasteiger partial charge is 0.405 e. The van der Waals surface area contributed by atoms with E-state index in [4.69, 9.17) is 14.9 Å². The monoisotopic (exact) mass is 225 g/mol. The van der Waals surface area contributed by atoms with Crippen LogP contribution in [0.3, 0.4) is 0 Å². The highest BCUT2D eigenvalue weighted by Gasteiger charge is 2.24. The molecule has 0 spiro atoms. The number of hydrogen-bond acceptors (Lipinski definition) is 3. The highest BCUT2D eigenvalue weighted by atomic mass is 16.5. The largest absolute Gasteiger partial charge is 0.496 e. The average Bonchev–Trinajstić information content (AvgIpc) is 2.25. The molecular formula is C10H11NO5. The van der Waals surface area contributed by atoms with Gasteiger partial charge in [-0.15, -0.1) is 0 Å². The van der Waals surface area contributed by atoms with Crippen LogP contribution in [0.25, 0.3) is 0 Å². The normalized spacial score (nSPS) is 11.6. The summed E-state index contributed by atoms with van der Waals surface area (Å²) in [6.45, 7) is 0. The fourth-order valence-corrected chi connectivity index (χ4v) is 1.30. The molecule has 1 aromatic carbocycles. The Balaban J connectivity index is 3.10. The number of carboxylic acid groups (broad SMARTS) is 2. The number of para-hydroxylation sites is 1. The number of benzene rings is 1.